The molecular weight excluding hydrogens is 430 g/mol. The lowest BCUT2D eigenvalue weighted by Crippen LogP contribution is -2.51. The molecule has 8 nitrogen and oxygen atoms in total. The van der Waals surface area contributed by atoms with Gasteiger partial charge in [0.25, 0.3) is 0 Å². The predicted octanol–water partition coefficient (Wildman–Crippen LogP) is 2.18. The van der Waals surface area contributed by atoms with Crippen LogP contribution in [0, 0.1) is 6.92 Å². The number of carbonyl (C=O) groups is 2. The molecule has 174 valence electrons. The third kappa shape index (κ3) is 6.08. The Balaban J connectivity index is 2.29. The molecule has 0 aliphatic rings. The summed E-state index contributed by atoms with van der Waals surface area (Å²) in [6, 6.07) is 12.9. The first kappa shape index (κ1) is 25.4. The second-order valence-corrected chi connectivity index (χ2v) is 9.53. The van der Waals surface area contributed by atoms with Gasteiger partial charge in [-0.3, -0.25) is 9.59 Å². The average Bonchev–Trinajstić information content (AvgIpc) is 2.79. The van der Waals surface area contributed by atoms with Crippen molar-refractivity contribution in [3.8, 4) is 5.75 Å². The maximum Gasteiger partial charge on any atom is 0.243 e. The summed E-state index contributed by atoms with van der Waals surface area (Å²) in [5.74, 6) is -0.0956. The number of ether oxygens (including phenoxy) is 1. The van der Waals surface area contributed by atoms with Crippen LogP contribution in [0.2, 0.25) is 0 Å². The summed E-state index contributed by atoms with van der Waals surface area (Å²) >= 11 is 0. The standard InChI is InChI=1S/C23H31N3O5S/c1-6-21(23(28)24-3)26(15-18-9-11-19(31-5)12-10-18)22(27)16-25(4)32(29,30)20-13-7-17(2)8-14-20/h7-14,21H,6,15-16H2,1-5H3,(H,24,28)/t21-/m0/s1. The smallest absolute Gasteiger partial charge is 0.243 e. The Labute approximate surface area is 190 Å². The van der Waals surface area contributed by atoms with Gasteiger partial charge in [-0.1, -0.05) is 36.8 Å². The van der Waals surface area contributed by atoms with E-state index in [0.717, 1.165) is 15.4 Å². The molecule has 0 unspecified atom stereocenters. The van der Waals surface area contributed by atoms with E-state index in [9.17, 15) is 18.0 Å². The van der Waals surface area contributed by atoms with E-state index in [2.05, 4.69) is 5.32 Å². The first-order valence-corrected chi connectivity index (χ1v) is 11.7. The summed E-state index contributed by atoms with van der Waals surface area (Å²) in [5.41, 5.74) is 1.73. The van der Waals surface area contributed by atoms with E-state index in [4.69, 9.17) is 4.74 Å². The highest BCUT2D eigenvalue weighted by molar-refractivity contribution is 7.89. The molecule has 0 aliphatic carbocycles. The zero-order chi connectivity index (χ0) is 23.9. The topological polar surface area (TPSA) is 96.0 Å². The van der Waals surface area contributed by atoms with Crippen LogP contribution < -0.4 is 10.1 Å². The van der Waals surface area contributed by atoms with Crippen molar-refractivity contribution in [2.45, 2.75) is 37.8 Å². The van der Waals surface area contributed by atoms with Gasteiger partial charge in [-0.25, -0.2) is 8.42 Å². The first-order chi connectivity index (χ1) is 15.1. The van der Waals surface area contributed by atoms with Crippen LogP contribution in [0.25, 0.3) is 0 Å². The minimum absolute atomic E-state index is 0.110. The van der Waals surface area contributed by atoms with Gasteiger partial charge in [-0.2, -0.15) is 4.31 Å². The van der Waals surface area contributed by atoms with Crippen LogP contribution in [0.3, 0.4) is 0 Å². The van der Waals surface area contributed by atoms with Crippen molar-refractivity contribution in [3.63, 3.8) is 0 Å². The highest BCUT2D eigenvalue weighted by Crippen LogP contribution is 2.19. The Morgan fingerprint density at radius 2 is 1.66 bits per heavy atom. The second kappa shape index (κ2) is 11.1. The van der Waals surface area contributed by atoms with Gasteiger partial charge in [0, 0.05) is 20.6 Å². The molecule has 0 fully saturated rings. The van der Waals surface area contributed by atoms with E-state index >= 15 is 0 Å². The lowest BCUT2D eigenvalue weighted by atomic mass is 10.1. The molecule has 2 aromatic rings. The van der Waals surface area contributed by atoms with Gasteiger partial charge in [-0.15, -0.1) is 0 Å². The number of rotatable bonds is 10. The molecule has 0 saturated carbocycles. The molecule has 0 saturated heterocycles. The number of nitrogens with zero attached hydrogens (tertiary/aromatic N) is 2. The van der Waals surface area contributed by atoms with Crippen LogP contribution in [-0.2, 0) is 26.2 Å². The highest BCUT2D eigenvalue weighted by Gasteiger charge is 2.31. The van der Waals surface area contributed by atoms with E-state index < -0.39 is 22.0 Å². The summed E-state index contributed by atoms with van der Waals surface area (Å²) in [7, 11) is 0.577. The lowest BCUT2D eigenvalue weighted by molar-refractivity contribution is -0.141. The zero-order valence-corrected chi connectivity index (χ0v) is 20.0. The van der Waals surface area contributed by atoms with E-state index in [-0.39, 0.29) is 23.9 Å². The Morgan fingerprint density at radius 1 is 1.06 bits per heavy atom. The monoisotopic (exact) mass is 461 g/mol. The van der Waals surface area contributed by atoms with Crippen molar-refractivity contribution in [2.75, 3.05) is 27.7 Å². The van der Waals surface area contributed by atoms with Gasteiger partial charge in [0.05, 0.1) is 18.6 Å². The number of sulfonamides is 1. The van der Waals surface area contributed by atoms with Gasteiger partial charge < -0.3 is 15.0 Å². The first-order valence-electron chi connectivity index (χ1n) is 10.3. The fraction of sp³-hybridized carbons (Fsp3) is 0.391. The van der Waals surface area contributed by atoms with Crippen LogP contribution >= 0.6 is 0 Å². The number of nitrogens with one attached hydrogen (secondary N) is 1. The van der Waals surface area contributed by atoms with Crippen molar-refractivity contribution >= 4 is 21.8 Å². The minimum atomic E-state index is -3.86. The molecule has 2 amide bonds. The van der Waals surface area contributed by atoms with Crippen molar-refractivity contribution in [1.82, 2.24) is 14.5 Å². The predicted molar refractivity (Wildman–Crippen MR) is 123 cm³/mol. The molecule has 2 rings (SSSR count). The largest absolute Gasteiger partial charge is 0.497 e. The lowest BCUT2D eigenvalue weighted by Gasteiger charge is -2.31. The number of likely N-dealkylation sites (N-methyl/N-ethyl adjacent to an activating group) is 2. The number of carbonyl (C=O) groups excluding carboxylic acids is 2. The fourth-order valence-electron chi connectivity index (χ4n) is 3.27. The van der Waals surface area contributed by atoms with Gasteiger partial charge >= 0.3 is 0 Å². The van der Waals surface area contributed by atoms with Crippen molar-refractivity contribution in [2.24, 2.45) is 0 Å². The maximum absolute atomic E-state index is 13.2. The third-order valence-corrected chi connectivity index (χ3v) is 7.05. The SMILES string of the molecule is CC[C@@H](C(=O)NC)N(Cc1ccc(OC)cc1)C(=O)CN(C)S(=O)(=O)c1ccc(C)cc1. The summed E-state index contributed by atoms with van der Waals surface area (Å²) in [5, 5.41) is 2.59. The van der Waals surface area contributed by atoms with Gasteiger partial charge in [-0.05, 0) is 43.2 Å². The van der Waals surface area contributed by atoms with Crippen LogP contribution in [0.4, 0.5) is 0 Å². The van der Waals surface area contributed by atoms with E-state index in [1.54, 1.807) is 38.3 Å². The summed E-state index contributed by atoms with van der Waals surface area (Å²) in [6.07, 6.45) is 0.385. The fourth-order valence-corrected chi connectivity index (χ4v) is 4.39. The summed E-state index contributed by atoms with van der Waals surface area (Å²) in [6.45, 7) is 3.44. The molecule has 2 aromatic carbocycles. The molecule has 1 N–H and O–H groups in total. The van der Waals surface area contributed by atoms with Gasteiger partial charge in [0.1, 0.15) is 11.8 Å². The molecule has 0 aliphatic heterocycles. The molecule has 0 spiro atoms. The quantitative estimate of drug-likeness (QED) is 0.585. The minimum Gasteiger partial charge on any atom is -0.497 e. The maximum atomic E-state index is 13.2. The Morgan fingerprint density at radius 3 is 2.16 bits per heavy atom. The Kier molecular flexibility index (Phi) is 8.80. The third-order valence-electron chi connectivity index (χ3n) is 5.23. The highest BCUT2D eigenvalue weighted by atomic mass is 32.2. The molecular formula is C23H31N3O5S. The Bertz CT molecular complexity index is 1020. The molecule has 0 heterocycles. The number of amides is 2. The van der Waals surface area contributed by atoms with E-state index in [1.165, 1.54) is 31.1 Å². The van der Waals surface area contributed by atoms with Crippen molar-refractivity contribution < 1.29 is 22.7 Å². The second-order valence-electron chi connectivity index (χ2n) is 7.48. The van der Waals surface area contributed by atoms with Crippen LogP contribution in [0.5, 0.6) is 5.75 Å². The van der Waals surface area contributed by atoms with E-state index in [1.807, 2.05) is 19.1 Å². The van der Waals surface area contributed by atoms with Crippen LogP contribution in [0.15, 0.2) is 53.4 Å². The van der Waals surface area contributed by atoms with Crippen LogP contribution in [-0.4, -0.2) is 63.2 Å². The zero-order valence-electron chi connectivity index (χ0n) is 19.2. The number of hydrogen-bond donors (Lipinski definition) is 1. The van der Waals surface area contributed by atoms with E-state index in [0.29, 0.717) is 12.2 Å². The number of aryl methyl sites for hydroxylation is 1. The number of benzene rings is 2. The van der Waals surface area contributed by atoms with Crippen molar-refractivity contribution in [1.29, 1.82) is 0 Å². The summed E-state index contributed by atoms with van der Waals surface area (Å²) in [4.78, 5) is 27.2. The average molecular weight is 462 g/mol. The van der Waals surface area contributed by atoms with Gasteiger partial charge in [0.2, 0.25) is 21.8 Å². The molecule has 32 heavy (non-hydrogen) atoms. The molecule has 0 bridgehead atoms. The molecule has 1 atom stereocenters. The number of hydrogen-bond acceptors (Lipinski definition) is 5. The normalized spacial score (nSPS) is 12.3. The molecule has 0 radical (unpaired) electrons. The van der Waals surface area contributed by atoms with Crippen LogP contribution in [0.1, 0.15) is 24.5 Å². The molecule has 0 aromatic heterocycles. The summed E-state index contributed by atoms with van der Waals surface area (Å²) < 4.78 is 32.0. The molecule has 9 heteroatoms. The van der Waals surface area contributed by atoms with Crippen molar-refractivity contribution in [3.05, 3.63) is 59.7 Å². The Hall–Kier alpha value is -2.91. The number of methoxy groups -OCH3 is 1. The van der Waals surface area contributed by atoms with Gasteiger partial charge in [0.15, 0.2) is 0 Å².